The number of rotatable bonds is 3. The highest BCUT2D eigenvalue weighted by atomic mass is 79.9. The molecule has 0 saturated carbocycles. The second-order valence-corrected chi connectivity index (χ2v) is 4.76. The summed E-state index contributed by atoms with van der Waals surface area (Å²) in [6, 6.07) is 2.65. The van der Waals surface area contributed by atoms with Crippen LogP contribution in [0.2, 0.25) is 5.02 Å². The lowest BCUT2D eigenvalue weighted by atomic mass is 10.2. The van der Waals surface area contributed by atoms with Gasteiger partial charge in [0.05, 0.1) is 11.1 Å². The molecule has 0 heterocycles. The van der Waals surface area contributed by atoms with E-state index in [0.29, 0.717) is 5.56 Å². The molecule has 0 aliphatic heterocycles. The quantitative estimate of drug-likeness (QED) is 0.319. The number of nitrogens with one attached hydrogen (secondary N) is 3. The zero-order chi connectivity index (χ0) is 16.0. The van der Waals surface area contributed by atoms with Crippen molar-refractivity contribution in [2.24, 2.45) is 5.10 Å². The molecule has 11 heteroatoms. The molecule has 3 N–H and O–H groups in total. The Labute approximate surface area is 132 Å². The molecule has 0 spiro atoms. The second kappa shape index (κ2) is 7.55. The first-order valence-corrected chi connectivity index (χ1v) is 6.43. The number of hydrogen-bond acceptors (Lipinski definition) is 6. The van der Waals surface area contributed by atoms with Gasteiger partial charge in [-0.05, 0) is 22.0 Å². The van der Waals surface area contributed by atoms with Crippen LogP contribution in [-0.4, -0.2) is 23.1 Å². The lowest BCUT2D eigenvalue weighted by molar-refractivity contribution is -0.385. The van der Waals surface area contributed by atoms with E-state index in [1.807, 2.05) is 5.48 Å². The SMILES string of the molecule is CC(=O)ONC(=N)NN=Cc1cc(Cl)cc([N+](=O)[O-])c1Br. The van der Waals surface area contributed by atoms with E-state index in [9.17, 15) is 14.9 Å². The predicted octanol–water partition coefficient (Wildman–Crippen LogP) is 1.94. The third-order valence-corrected chi connectivity index (χ3v) is 3.00. The molecule has 1 aromatic rings. The van der Waals surface area contributed by atoms with E-state index in [1.54, 1.807) is 0 Å². The first-order chi connectivity index (χ1) is 9.81. The van der Waals surface area contributed by atoms with E-state index in [1.165, 1.54) is 18.3 Å². The molecule has 9 nitrogen and oxygen atoms in total. The van der Waals surface area contributed by atoms with Crippen LogP contribution in [0.4, 0.5) is 5.69 Å². The first-order valence-electron chi connectivity index (χ1n) is 5.25. The standard InChI is InChI=1S/C10H9BrClN5O4/c1-5(18)21-16-10(13)15-14-4-6-2-7(12)3-8(9(6)11)17(19)20/h2-4H,1H3,(H3,13,15,16). The average molecular weight is 379 g/mol. The summed E-state index contributed by atoms with van der Waals surface area (Å²) in [6.07, 6.45) is 1.22. The van der Waals surface area contributed by atoms with E-state index >= 15 is 0 Å². The Morgan fingerprint density at radius 3 is 2.86 bits per heavy atom. The molecule has 0 radical (unpaired) electrons. The summed E-state index contributed by atoms with van der Waals surface area (Å²) in [5.74, 6) is -1.02. The fourth-order valence-electron chi connectivity index (χ4n) is 1.13. The highest BCUT2D eigenvalue weighted by Gasteiger charge is 2.16. The largest absolute Gasteiger partial charge is 0.341 e. The van der Waals surface area contributed by atoms with E-state index < -0.39 is 16.9 Å². The van der Waals surface area contributed by atoms with Crippen LogP contribution in [-0.2, 0) is 9.63 Å². The number of nitro benzene ring substituents is 1. The highest BCUT2D eigenvalue weighted by molar-refractivity contribution is 9.10. The minimum absolute atomic E-state index is 0.166. The lowest BCUT2D eigenvalue weighted by Gasteiger charge is -2.05. The third kappa shape index (κ3) is 5.36. The maximum absolute atomic E-state index is 10.8. The normalized spacial score (nSPS) is 10.2. The van der Waals surface area contributed by atoms with E-state index in [4.69, 9.17) is 17.0 Å². The van der Waals surface area contributed by atoms with Crippen LogP contribution in [0.3, 0.4) is 0 Å². The Kier molecular flexibility index (Phi) is 6.06. The number of hydrazone groups is 1. The smallest absolute Gasteiger partial charge is 0.329 e. The number of nitro groups is 1. The average Bonchev–Trinajstić information content (AvgIpc) is 2.39. The summed E-state index contributed by atoms with van der Waals surface area (Å²) >= 11 is 8.85. The Morgan fingerprint density at radius 1 is 1.62 bits per heavy atom. The number of halogens is 2. The molecule has 0 bridgehead atoms. The van der Waals surface area contributed by atoms with Gasteiger partial charge >= 0.3 is 5.97 Å². The van der Waals surface area contributed by atoms with Gasteiger partial charge in [0.2, 0.25) is 5.96 Å². The Hall–Kier alpha value is -2.20. The summed E-state index contributed by atoms with van der Waals surface area (Å²) in [5, 5.41) is 21.9. The lowest BCUT2D eigenvalue weighted by Crippen LogP contribution is -2.34. The highest BCUT2D eigenvalue weighted by Crippen LogP contribution is 2.31. The van der Waals surface area contributed by atoms with Crippen LogP contribution in [0.25, 0.3) is 0 Å². The van der Waals surface area contributed by atoms with Crippen molar-refractivity contribution in [3.05, 3.63) is 37.3 Å². The van der Waals surface area contributed by atoms with Crippen LogP contribution in [0.5, 0.6) is 0 Å². The summed E-state index contributed by atoms with van der Waals surface area (Å²) in [6.45, 7) is 1.16. The fourth-order valence-corrected chi connectivity index (χ4v) is 1.83. The number of hydroxylamine groups is 1. The van der Waals surface area contributed by atoms with Crippen molar-refractivity contribution in [1.29, 1.82) is 5.41 Å². The molecule has 21 heavy (non-hydrogen) atoms. The predicted molar refractivity (Wildman–Crippen MR) is 79.2 cm³/mol. The minimum atomic E-state index is -0.626. The maximum Gasteiger partial charge on any atom is 0.329 e. The molecule has 0 unspecified atom stereocenters. The van der Waals surface area contributed by atoms with Crippen molar-refractivity contribution in [3.8, 4) is 0 Å². The Balaban J connectivity index is 2.79. The summed E-state index contributed by atoms with van der Waals surface area (Å²) < 4.78 is 0.196. The molecule has 0 aromatic heterocycles. The third-order valence-electron chi connectivity index (χ3n) is 1.92. The van der Waals surface area contributed by atoms with Gasteiger partial charge in [-0.1, -0.05) is 11.6 Å². The van der Waals surface area contributed by atoms with Gasteiger partial charge in [-0.2, -0.15) is 10.6 Å². The van der Waals surface area contributed by atoms with Crippen molar-refractivity contribution in [1.82, 2.24) is 10.9 Å². The van der Waals surface area contributed by atoms with Crippen molar-refractivity contribution < 1.29 is 14.6 Å². The molecule has 0 saturated heterocycles. The van der Waals surface area contributed by atoms with Gasteiger partial charge in [0.15, 0.2) is 0 Å². The minimum Gasteiger partial charge on any atom is -0.341 e. The van der Waals surface area contributed by atoms with Gasteiger partial charge in [0, 0.05) is 23.6 Å². The number of guanidine groups is 1. The number of benzene rings is 1. The Morgan fingerprint density at radius 2 is 2.29 bits per heavy atom. The fraction of sp³-hybridized carbons (Fsp3) is 0.100. The molecule has 0 aliphatic rings. The zero-order valence-corrected chi connectivity index (χ0v) is 12.9. The van der Waals surface area contributed by atoms with Crippen molar-refractivity contribution in [2.45, 2.75) is 6.92 Å². The maximum atomic E-state index is 10.8. The molecule has 0 atom stereocenters. The number of hydrogen-bond donors (Lipinski definition) is 3. The van der Waals surface area contributed by atoms with Gasteiger partial charge in [-0.25, -0.2) is 5.43 Å². The van der Waals surface area contributed by atoms with Gasteiger partial charge in [-0.15, -0.1) is 0 Å². The van der Waals surface area contributed by atoms with Crippen LogP contribution < -0.4 is 10.9 Å². The molecule has 1 rings (SSSR count). The van der Waals surface area contributed by atoms with Crippen molar-refractivity contribution in [3.63, 3.8) is 0 Å². The topological polar surface area (TPSA) is 130 Å². The van der Waals surface area contributed by atoms with Gasteiger partial charge in [-0.3, -0.25) is 20.3 Å². The van der Waals surface area contributed by atoms with Crippen molar-refractivity contribution >= 4 is 51.4 Å². The zero-order valence-electron chi connectivity index (χ0n) is 10.5. The van der Waals surface area contributed by atoms with E-state index in [-0.39, 0.29) is 15.2 Å². The summed E-state index contributed by atoms with van der Waals surface area (Å²) in [5.41, 5.74) is 4.32. The Bertz CT molecular complexity index is 622. The summed E-state index contributed by atoms with van der Waals surface area (Å²) in [7, 11) is 0. The van der Waals surface area contributed by atoms with E-state index in [0.717, 1.165) is 6.92 Å². The first kappa shape index (κ1) is 16.9. The van der Waals surface area contributed by atoms with Crippen LogP contribution in [0, 0.1) is 15.5 Å². The van der Waals surface area contributed by atoms with Crippen LogP contribution in [0.15, 0.2) is 21.7 Å². The molecular formula is C10H9BrClN5O4. The number of carbonyl (C=O) groups is 1. The van der Waals surface area contributed by atoms with Gasteiger partial charge < -0.3 is 4.84 Å². The molecule has 112 valence electrons. The molecular weight excluding hydrogens is 369 g/mol. The second-order valence-electron chi connectivity index (χ2n) is 3.53. The molecule has 1 aromatic carbocycles. The van der Waals surface area contributed by atoms with E-state index in [2.05, 4.69) is 31.3 Å². The summed E-state index contributed by atoms with van der Waals surface area (Å²) in [4.78, 5) is 25.1. The van der Waals surface area contributed by atoms with Gasteiger partial charge in [0.25, 0.3) is 5.69 Å². The van der Waals surface area contributed by atoms with Crippen LogP contribution in [0.1, 0.15) is 12.5 Å². The molecule has 0 fully saturated rings. The number of nitrogens with zero attached hydrogens (tertiary/aromatic N) is 2. The van der Waals surface area contributed by atoms with Crippen molar-refractivity contribution in [2.75, 3.05) is 0 Å². The van der Waals surface area contributed by atoms with Gasteiger partial charge in [0.1, 0.15) is 4.47 Å². The molecule has 0 amide bonds. The van der Waals surface area contributed by atoms with Crippen LogP contribution >= 0.6 is 27.5 Å². The molecule has 0 aliphatic carbocycles. The number of carbonyl (C=O) groups excluding carboxylic acids is 1. The monoisotopic (exact) mass is 377 g/mol.